The number of fused-ring (bicyclic) bond motifs is 1. The number of hydrogen-bond donors (Lipinski definition) is 4. The minimum absolute atomic E-state index is 0.0383. The van der Waals surface area contributed by atoms with Gasteiger partial charge in [-0.1, -0.05) is 19.9 Å². The topological polar surface area (TPSA) is 139 Å². The quantitative estimate of drug-likeness (QED) is 0.357. The lowest BCUT2D eigenvalue weighted by atomic mass is 9.92. The summed E-state index contributed by atoms with van der Waals surface area (Å²) >= 11 is 0. The summed E-state index contributed by atoms with van der Waals surface area (Å²) in [5.74, 6) is -0.242. The summed E-state index contributed by atoms with van der Waals surface area (Å²) < 4.78 is 5.40. The van der Waals surface area contributed by atoms with Crippen molar-refractivity contribution < 1.29 is 19.1 Å². The van der Waals surface area contributed by atoms with E-state index in [1.54, 1.807) is 13.2 Å². The van der Waals surface area contributed by atoms with Gasteiger partial charge >= 0.3 is 0 Å². The number of H-pyrrole nitrogens is 1. The van der Waals surface area contributed by atoms with Crippen molar-refractivity contribution in [3.63, 3.8) is 0 Å². The van der Waals surface area contributed by atoms with Gasteiger partial charge in [0.1, 0.15) is 23.5 Å². The van der Waals surface area contributed by atoms with Gasteiger partial charge < -0.3 is 25.7 Å². The van der Waals surface area contributed by atoms with Gasteiger partial charge in [-0.15, -0.1) is 0 Å². The second-order valence-corrected chi connectivity index (χ2v) is 10.7. The van der Waals surface area contributed by atoms with E-state index in [-0.39, 0.29) is 23.7 Å². The van der Waals surface area contributed by atoms with Crippen LogP contribution in [0.2, 0.25) is 0 Å². The van der Waals surface area contributed by atoms with Crippen molar-refractivity contribution >= 4 is 28.6 Å². The van der Waals surface area contributed by atoms with Crippen molar-refractivity contribution in [3.8, 4) is 11.8 Å². The standard InChI is InChI=1S/C28H38N6O4/c1-17(2)13-22(33-28(37)23-15-19-20(31-23)7-6-8-25(19)38-3)27(36)32-21(14-18-9-10-30-26(18)35)24(16-29)34-11-4-5-12-34/h6-8,15,17-18,21-22,24,31H,4-5,9-14H2,1-3H3,(H,30,35)(H,32,36)(H,33,37)/t18-,21-,22-,24?/m0/s1. The van der Waals surface area contributed by atoms with E-state index in [2.05, 4.69) is 31.9 Å². The number of methoxy groups -OCH3 is 1. The summed E-state index contributed by atoms with van der Waals surface area (Å²) in [6, 6.07) is 7.76. The van der Waals surface area contributed by atoms with E-state index in [1.807, 2.05) is 32.0 Å². The number of amides is 3. The van der Waals surface area contributed by atoms with Gasteiger partial charge in [-0.3, -0.25) is 19.3 Å². The number of hydrogen-bond acceptors (Lipinski definition) is 6. The first-order valence-corrected chi connectivity index (χ1v) is 13.5. The van der Waals surface area contributed by atoms with Gasteiger partial charge in [0, 0.05) is 23.4 Å². The number of ether oxygens (including phenoxy) is 1. The molecule has 0 radical (unpaired) electrons. The smallest absolute Gasteiger partial charge is 0.268 e. The molecule has 1 aromatic carbocycles. The maximum atomic E-state index is 13.6. The van der Waals surface area contributed by atoms with Crippen LogP contribution in [0.15, 0.2) is 24.3 Å². The largest absolute Gasteiger partial charge is 0.496 e. The normalized spacial score (nSPS) is 20.1. The van der Waals surface area contributed by atoms with E-state index in [1.165, 1.54) is 0 Å². The molecule has 0 bridgehead atoms. The lowest BCUT2D eigenvalue weighted by molar-refractivity contribution is -0.126. The minimum Gasteiger partial charge on any atom is -0.496 e. The first-order valence-electron chi connectivity index (χ1n) is 13.5. The molecule has 3 heterocycles. The summed E-state index contributed by atoms with van der Waals surface area (Å²) in [7, 11) is 1.58. The Kier molecular flexibility index (Phi) is 8.89. The molecule has 10 heteroatoms. The van der Waals surface area contributed by atoms with E-state index in [0.717, 1.165) is 36.8 Å². The van der Waals surface area contributed by atoms with Gasteiger partial charge in [0.2, 0.25) is 11.8 Å². The molecule has 4 N–H and O–H groups in total. The van der Waals surface area contributed by atoms with Crippen LogP contribution in [-0.2, 0) is 9.59 Å². The highest BCUT2D eigenvalue weighted by Gasteiger charge is 2.37. The first-order chi connectivity index (χ1) is 18.3. The van der Waals surface area contributed by atoms with Gasteiger partial charge in [-0.25, -0.2) is 0 Å². The Morgan fingerprint density at radius 1 is 1.24 bits per heavy atom. The molecule has 0 saturated carbocycles. The second kappa shape index (κ2) is 12.3. The number of nitrogens with one attached hydrogen (secondary N) is 4. The lowest BCUT2D eigenvalue weighted by Crippen LogP contribution is -2.56. The fourth-order valence-electron chi connectivity index (χ4n) is 5.54. The van der Waals surface area contributed by atoms with Crippen LogP contribution in [0.25, 0.3) is 10.9 Å². The Balaban J connectivity index is 1.53. The molecule has 3 amide bonds. The number of rotatable bonds is 11. The number of benzene rings is 1. The molecule has 4 atom stereocenters. The van der Waals surface area contributed by atoms with Gasteiger partial charge in [-0.05, 0) is 69.3 Å². The Morgan fingerprint density at radius 2 is 2.00 bits per heavy atom. The van der Waals surface area contributed by atoms with Crippen molar-refractivity contribution in [2.24, 2.45) is 11.8 Å². The lowest BCUT2D eigenvalue weighted by Gasteiger charge is -2.32. The van der Waals surface area contributed by atoms with Gasteiger partial charge in [0.25, 0.3) is 5.91 Å². The predicted molar refractivity (Wildman–Crippen MR) is 143 cm³/mol. The number of carbonyl (C=O) groups is 3. The van der Waals surface area contributed by atoms with E-state index in [9.17, 15) is 19.6 Å². The van der Waals surface area contributed by atoms with Crippen molar-refractivity contribution in [2.75, 3.05) is 26.7 Å². The molecule has 1 aromatic heterocycles. The van der Waals surface area contributed by atoms with Crippen LogP contribution in [0.1, 0.15) is 56.4 Å². The monoisotopic (exact) mass is 522 g/mol. The zero-order valence-electron chi connectivity index (χ0n) is 22.4. The highest BCUT2D eigenvalue weighted by atomic mass is 16.5. The van der Waals surface area contributed by atoms with Crippen LogP contribution in [0.5, 0.6) is 5.75 Å². The average Bonchev–Trinajstić information content (AvgIpc) is 3.65. The predicted octanol–water partition coefficient (Wildman–Crippen LogP) is 2.32. The molecule has 0 aliphatic carbocycles. The maximum Gasteiger partial charge on any atom is 0.268 e. The molecule has 4 rings (SSSR count). The molecule has 2 saturated heterocycles. The third-order valence-corrected chi connectivity index (χ3v) is 7.49. The molecule has 2 aromatic rings. The second-order valence-electron chi connectivity index (χ2n) is 10.7. The Labute approximate surface area is 223 Å². The molecule has 2 aliphatic rings. The van der Waals surface area contributed by atoms with Crippen LogP contribution in [0.4, 0.5) is 0 Å². The maximum absolute atomic E-state index is 13.6. The van der Waals surface area contributed by atoms with Crippen LogP contribution in [-0.4, -0.2) is 72.5 Å². The van der Waals surface area contributed by atoms with Crippen molar-refractivity contribution in [1.29, 1.82) is 5.26 Å². The number of nitriles is 1. The summed E-state index contributed by atoms with van der Waals surface area (Å²) in [6.45, 7) is 6.16. The Hall–Kier alpha value is -3.58. The molecule has 38 heavy (non-hydrogen) atoms. The van der Waals surface area contributed by atoms with Crippen molar-refractivity contribution in [2.45, 2.75) is 64.1 Å². The van der Waals surface area contributed by atoms with E-state index in [4.69, 9.17) is 4.74 Å². The van der Waals surface area contributed by atoms with E-state index in [0.29, 0.717) is 37.3 Å². The highest BCUT2D eigenvalue weighted by Crippen LogP contribution is 2.26. The van der Waals surface area contributed by atoms with Gasteiger partial charge in [0.05, 0.1) is 19.2 Å². The first kappa shape index (κ1) is 27.5. The molecular formula is C28H38N6O4. The van der Waals surface area contributed by atoms with Crippen molar-refractivity contribution in [3.05, 3.63) is 30.0 Å². The summed E-state index contributed by atoms with van der Waals surface area (Å²) in [4.78, 5) is 44.4. The molecule has 2 fully saturated rings. The third kappa shape index (κ3) is 6.27. The fraction of sp³-hybridized carbons (Fsp3) is 0.571. The summed E-state index contributed by atoms with van der Waals surface area (Å²) in [5.41, 5.74) is 1.09. The van der Waals surface area contributed by atoms with E-state index < -0.39 is 24.0 Å². The zero-order valence-corrected chi connectivity index (χ0v) is 22.4. The molecule has 2 aliphatic heterocycles. The Morgan fingerprint density at radius 3 is 2.63 bits per heavy atom. The van der Waals surface area contributed by atoms with Crippen LogP contribution >= 0.6 is 0 Å². The SMILES string of the molecule is COc1cccc2[nH]c(C(=O)N[C@@H](CC(C)C)C(=O)N[C@@H](C[C@@H]3CCNC3=O)C(C#N)N3CCCC3)cc12. The molecule has 10 nitrogen and oxygen atoms in total. The number of nitrogens with zero attached hydrogens (tertiary/aromatic N) is 2. The minimum atomic E-state index is -0.798. The van der Waals surface area contributed by atoms with Gasteiger partial charge in [0.15, 0.2) is 0 Å². The molecule has 1 unspecified atom stereocenters. The van der Waals surface area contributed by atoms with Crippen LogP contribution in [0, 0.1) is 23.2 Å². The van der Waals surface area contributed by atoms with Crippen LogP contribution < -0.4 is 20.7 Å². The molecule has 204 valence electrons. The molecular weight excluding hydrogens is 484 g/mol. The summed E-state index contributed by atoms with van der Waals surface area (Å²) in [6.07, 6.45) is 3.50. The average molecular weight is 523 g/mol. The summed E-state index contributed by atoms with van der Waals surface area (Å²) in [5, 5.41) is 19.7. The number of likely N-dealkylation sites (tertiary alicyclic amines) is 1. The zero-order chi connectivity index (χ0) is 27.2. The van der Waals surface area contributed by atoms with Crippen molar-refractivity contribution in [1.82, 2.24) is 25.8 Å². The van der Waals surface area contributed by atoms with Crippen LogP contribution in [0.3, 0.4) is 0 Å². The number of aromatic amines is 1. The number of aromatic nitrogens is 1. The fourth-order valence-corrected chi connectivity index (χ4v) is 5.54. The van der Waals surface area contributed by atoms with Gasteiger partial charge in [-0.2, -0.15) is 5.26 Å². The highest BCUT2D eigenvalue weighted by molar-refractivity contribution is 6.01. The molecule has 0 spiro atoms. The Bertz CT molecular complexity index is 1200. The van der Waals surface area contributed by atoms with E-state index >= 15 is 0 Å². The number of carbonyl (C=O) groups excluding carboxylic acids is 3. The third-order valence-electron chi connectivity index (χ3n) is 7.49.